The summed E-state index contributed by atoms with van der Waals surface area (Å²) in [6, 6.07) is 12.1. The number of thiophene rings is 1. The summed E-state index contributed by atoms with van der Waals surface area (Å²) in [4.78, 5) is 30.8. The predicted octanol–water partition coefficient (Wildman–Crippen LogP) is 6.00. The van der Waals surface area contributed by atoms with E-state index in [2.05, 4.69) is 23.3 Å². The van der Waals surface area contributed by atoms with E-state index in [0.717, 1.165) is 17.5 Å². The first-order chi connectivity index (χ1) is 15.6. The van der Waals surface area contributed by atoms with Gasteiger partial charge in [0.15, 0.2) is 0 Å². The lowest BCUT2D eigenvalue weighted by Gasteiger charge is -2.31. The Bertz CT molecular complexity index is 1070. The number of nitrogens with one attached hydrogen (secondary N) is 1. The smallest absolute Gasteiger partial charge is 0.253 e. The predicted molar refractivity (Wildman–Crippen MR) is 131 cm³/mol. The number of nitrogens with zero attached hydrogens (tertiary/aromatic N) is 2. The number of carbonyl (C=O) groups is 2. The fourth-order valence-corrected chi connectivity index (χ4v) is 6.00. The third-order valence-corrected chi connectivity index (χ3v) is 7.83. The zero-order valence-corrected chi connectivity index (χ0v) is 19.7. The number of pyridine rings is 1. The lowest BCUT2D eigenvalue weighted by Crippen LogP contribution is -2.28. The average molecular weight is 450 g/mol. The zero-order chi connectivity index (χ0) is 22.5. The number of anilines is 1. The van der Waals surface area contributed by atoms with Gasteiger partial charge >= 0.3 is 0 Å². The first-order valence-electron chi connectivity index (χ1n) is 11.5. The van der Waals surface area contributed by atoms with E-state index < -0.39 is 0 Å². The van der Waals surface area contributed by atoms with Crippen molar-refractivity contribution in [3.05, 3.63) is 58.6 Å². The van der Waals surface area contributed by atoms with Crippen molar-refractivity contribution in [3.63, 3.8) is 0 Å². The Morgan fingerprint density at radius 1 is 1.22 bits per heavy atom. The minimum atomic E-state index is -0.0614. The van der Waals surface area contributed by atoms with Crippen molar-refractivity contribution in [2.75, 3.05) is 18.9 Å². The molecule has 0 radical (unpaired) electrons. The van der Waals surface area contributed by atoms with Crippen LogP contribution in [-0.2, 0) is 4.79 Å². The Hall–Kier alpha value is -2.73. The quantitative estimate of drug-likeness (QED) is 0.429. The molecule has 1 atom stereocenters. The molecule has 168 valence electrons. The molecule has 1 aliphatic carbocycles. The Balaban J connectivity index is 1.58. The van der Waals surface area contributed by atoms with Crippen molar-refractivity contribution in [2.45, 2.75) is 51.5 Å². The molecule has 2 heterocycles. The monoisotopic (exact) mass is 449 g/mol. The molecule has 1 unspecified atom stereocenters. The van der Waals surface area contributed by atoms with E-state index in [1.165, 1.54) is 47.2 Å². The van der Waals surface area contributed by atoms with Gasteiger partial charge in [0.05, 0.1) is 16.3 Å². The molecule has 0 aliphatic heterocycles. The van der Waals surface area contributed by atoms with Crippen LogP contribution >= 0.6 is 11.3 Å². The molecule has 0 spiro atoms. The van der Waals surface area contributed by atoms with Gasteiger partial charge < -0.3 is 15.0 Å². The third-order valence-electron chi connectivity index (χ3n) is 6.50. The molecule has 1 saturated carbocycles. The van der Waals surface area contributed by atoms with Crippen molar-refractivity contribution in [1.82, 2.24) is 9.88 Å². The summed E-state index contributed by atoms with van der Waals surface area (Å²) < 4.78 is 1.24. The largest absolute Gasteiger partial charge is 0.377 e. The summed E-state index contributed by atoms with van der Waals surface area (Å²) in [7, 11) is 1.73. The average Bonchev–Trinajstić information content (AvgIpc) is 3.17. The number of amides is 1. The molecule has 4 rings (SSSR count). The molecule has 1 aliphatic rings. The highest BCUT2D eigenvalue weighted by molar-refractivity contribution is 7.19. The molecule has 2 aromatic heterocycles. The van der Waals surface area contributed by atoms with Crippen LogP contribution in [0.5, 0.6) is 0 Å². The molecule has 1 amide bonds. The highest BCUT2D eigenvalue weighted by Crippen LogP contribution is 2.43. The molecular formula is C26H31N3O2S. The van der Waals surface area contributed by atoms with Gasteiger partial charge in [-0.05, 0) is 67.6 Å². The zero-order valence-electron chi connectivity index (χ0n) is 18.8. The summed E-state index contributed by atoms with van der Waals surface area (Å²) in [6.07, 6.45) is 9.42. The van der Waals surface area contributed by atoms with Crippen molar-refractivity contribution in [2.24, 2.45) is 5.92 Å². The van der Waals surface area contributed by atoms with Gasteiger partial charge in [-0.3, -0.25) is 9.78 Å². The Kier molecular flexibility index (Phi) is 7.20. The van der Waals surface area contributed by atoms with Crippen LogP contribution in [0.2, 0.25) is 0 Å². The van der Waals surface area contributed by atoms with Crippen LogP contribution in [0, 0.1) is 12.8 Å². The lowest BCUT2D eigenvalue weighted by atomic mass is 9.82. The van der Waals surface area contributed by atoms with Crippen molar-refractivity contribution in [1.29, 1.82) is 0 Å². The summed E-state index contributed by atoms with van der Waals surface area (Å²) in [6.45, 7) is 2.63. The van der Waals surface area contributed by atoms with Crippen LogP contribution in [0.1, 0.15) is 65.4 Å². The lowest BCUT2D eigenvalue weighted by molar-refractivity contribution is -0.108. The fraction of sp³-hybridized carbons (Fsp3) is 0.423. The van der Waals surface area contributed by atoms with Gasteiger partial charge in [-0.2, -0.15) is 0 Å². The fourth-order valence-electron chi connectivity index (χ4n) is 4.68. The van der Waals surface area contributed by atoms with Gasteiger partial charge in [-0.15, -0.1) is 11.3 Å². The highest BCUT2D eigenvalue weighted by atomic mass is 32.1. The Labute approximate surface area is 193 Å². The van der Waals surface area contributed by atoms with E-state index in [0.29, 0.717) is 24.4 Å². The number of fused-ring (bicyclic) bond motifs is 1. The molecule has 32 heavy (non-hydrogen) atoms. The van der Waals surface area contributed by atoms with Crippen LogP contribution < -0.4 is 5.32 Å². The molecule has 1 N–H and O–H groups in total. The summed E-state index contributed by atoms with van der Waals surface area (Å²) in [5.74, 6) is 0.528. The number of carbonyl (C=O) groups excluding carboxylic acids is 2. The first-order valence-corrected chi connectivity index (χ1v) is 12.3. The third kappa shape index (κ3) is 4.85. The standard InChI is InChI=1S/C26H31N3O2S/c1-18-23-22(10-6-15-27-23)32-25(18)24(19-8-4-3-5-9-19)28-21-13-11-20(12-14-21)26(31)29(2)16-7-17-30/h6,10-15,17,19,24,28H,3-5,7-9,16H2,1-2H3. The van der Waals surface area contributed by atoms with Crippen LogP contribution in [0.4, 0.5) is 5.69 Å². The molecule has 1 fully saturated rings. The van der Waals surface area contributed by atoms with Gasteiger partial charge in [-0.25, -0.2) is 0 Å². The van der Waals surface area contributed by atoms with E-state index in [-0.39, 0.29) is 11.9 Å². The number of aromatic nitrogens is 1. The molecule has 6 heteroatoms. The Morgan fingerprint density at radius 2 is 1.97 bits per heavy atom. The topological polar surface area (TPSA) is 62.3 Å². The second-order valence-corrected chi connectivity index (χ2v) is 9.80. The molecule has 3 aromatic rings. The molecule has 5 nitrogen and oxygen atoms in total. The van der Waals surface area contributed by atoms with Gasteiger partial charge in [-0.1, -0.05) is 19.3 Å². The summed E-state index contributed by atoms with van der Waals surface area (Å²) in [5.41, 5.74) is 4.05. The number of aldehydes is 1. The van der Waals surface area contributed by atoms with Gasteiger partial charge in [0.1, 0.15) is 6.29 Å². The molecular weight excluding hydrogens is 418 g/mol. The number of benzene rings is 1. The minimum Gasteiger partial charge on any atom is -0.377 e. The number of hydrogen-bond acceptors (Lipinski definition) is 5. The molecule has 0 saturated heterocycles. The summed E-state index contributed by atoms with van der Waals surface area (Å²) >= 11 is 1.85. The van der Waals surface area contributed by atoms with E-state index in [1.54, 1.807) is 11.9 Å². The number of hydrogen-bond donors (Lipinski definition) is 1. The maximum absolute atomic E-state index is 12.6. The molecule has 0 bridgehead atoms. The summed E-state index contributed by atoms with van der Waals surface area (Å²) in [5, 5.41) is 3.81. The van der Waals surface area contributed by atoms with E-state index in [1.807, 2.05) is 47.9 Å². The molecule has 1 aromatic carbocycles. The van der Waals surface area contributed by atoms with Crippen LogP contribution in [0.3, 0.4) is 0 Å². The maximum atomic E-state index is 12.6. The van der Waals surface area contributed by atoms with E-state index in [9.17, 15) is 9.59 Å². The van der Waals surface area contributed by atoms with Crippen LogP contribution in [0.15, 0.2) is 42.6 Å². The van der Waals surface area contributed by atoms with Crippen molar-refractivity contribution in [3.8, 4) is 0 Å². The Morgan fingerprint density at radius 3 is 2.66 bits per heavy atom. The minimum absolute atomic E-state index is 0.0614. The van der Waals surface area contributed by atoms with Crippen LogP contribution in [0.25, 0.3) is 10.2 Å². The SMILES string of the molecule is Cc1c(C(Nc2ccc(C(=O)N(C)CCC=O)cc2)C2CCCCC2)sc2cccnc12. The highest BCUT2D eigenvalue weighted by Gasteiger charge is 2.28. The normalized spacial score (nSPS) is 15.4. The second kappa shape index (κ2) is 10.3. The number of rotatable bonds is 8. The van der Waals surface area contributed by atoms with Gasteiger partial charge in [0, 0.05) is 42.3 Å². The maximum Gasteiger partial charge on any atom is 0.253 e. The van der Waals surface area contributed by atoms with Gasteiger partial charge in [0.2, 0.25) is 0 Å². The number of aryl methyl sites for hydroxylation is 1. The first kappa shape index (κ1) is 22.5. The van der Waals surface area contributed by atoms with Crippen molar-refractivity contribution < 1.29 is 9.59 Å². The van der Waals surface area contributed by atoms with Gasteiger partial charge in [0.25, 0.3) is 5.91 Å². The van der Waals surface area contributed by atoms with E-state index >= 15 is 0 Å². The second-order valence-electron chi connectivity index (χ2n) is 8.72. The van der Waals surface area contributed by atoms with Crippen molar-refractivity contribution >= 4 is 39.4 Å². The van der Waals surface area contributed by atoms with Crippen LogP contribution in [-0.4, -0.2) is 35.7 Å². The van der Waals surface area contributed by atoms with E-state index in [4.69, 9.17) is 0 Å².